The van der Waals surface area contributed by atoms with E-state index in [9.17, 15) is 22.8 Å². The third-order valence-electron chi connectivity index (χ3n) is 6.23. The summed E-state index contributed by atoms with van der Waals surface area (Å²) in [7, 11) is 0. The van der Waals surface area contributed by atoms with Crippen LogP contribution in [-0.4, -0.2) is 28.6 Å². The Hall–Kier alpha value is -4.28. The molecule has 1 saturated heterocycles. The molecule has 1 saturated carbocycles. The zero-order valence-electron chi connectivity index (χ0n) is 19.1. The van der Waals surface area contributed by atoms with Gasteiger partial charge >= 0.3 is 6.03 Å². The molecule has 3 aliphatic rings. The molecule has 2 fully saturated rings. The lowest BCUT2D eigenvalue weighted by atomic mass is 10.1. The van der Waals surface area contributed by atoms with Crippen LogP contribution in [0.3, 0.4) is 0 Å². The molecule has 0 spiro atoms. The van der Waals surface area contributed by atoms with Crippen LogP contribution in [0, 0.1) is 17.5 Å². The summed E-state index contributed by atoms with van der Waals surface area (Å²) in [5, 5.41) is 7.37. The minimum Gasteiger partial charge on any atom is -0.487 e. The van der Waals surface area contributed by atoms with E-state index in [1.807, 2.05) is 5.32 Å². The van der Waals surface area contributed by atoms with Crippen molar-refractivity contribution in [2.24, 2.45) is 0 Å². The predicted octanol–water partition coefficient (Wildman–Crippen LogP) is 4.47. The highest BCUT2D eigenvalue weighted by atomic mass is 19.2. The number of hydrogen-bond donors (Lipinski definition) is 3. The number of amides is 3. The van der Waals surface area contributed by atoms with Gasteiger partial charge in [0.2, 0.25) is 5.91 Å². The van der Waals surface area contributed by atoms with E-state index in [1.165, 1.54) is 0 Å². The smallest absolute Gasteiger partial charge is 0.320 e. The number of allylic oxidation sites excluding steroid dienone is 3. The molecule has 3 amide bonds. The summed E-state index contributed by atoms with van der Waals surface area (Å²) in [5.41, 5.74) is -0.521. The molecule has 186 valence electrons. The molecule has 1 aliphatic carbocycles. The summed E-state index contributed by atoms with van der Waals surface area (Å²) in [5.74, 6) is -1.97. The van der Waals surface area contributed by atoms with E-state index in [1.54, 1.807) is 31.3 Å². The third-order valence-corrected chi connectivity index (χ3v) is 6.23. The molecule has 2 aromatic rings. The first kappa shape index (κ1) is 23.5. The van der Waals surface area contributed by atoms with Gasteiger partial charge in [0, 0.05) is 30.2 Å². The maximum Gasteiger partial charge on any atom is 0.320 e. The number of aromatic nitrogens is 1. The van der Waals surface area contributed by atoms with Gasteiger partial charge in [-0.05, 0) is 43.7 Å². The van der Waals surface area contributed by atoms with Crippen LogP contribution >= 0.6 is 0 Å². The van der Waals surface area contributed by atoms with Crippen LogP contribution in [0.4, 0.5) is 29.5 Å². The van der Waals surface area contributed by atoms with Crippen LogP contribution in [0.2, 0.25) is 0 Å². The number of ether oxygens (including phenoxy) is 2. The quantitative estimate of drug-likeness (QED) is 0.417. The second-order valence-electron chi connectivity index (χ2n) is 8.65. The number of carbonyl (C=O) groups excluding carboxylic acids is 2. The number of rotatable bonds is 5. The molecule has 8 nitrogen and oxygen atoms in total. The van der Waals surface area contributed by atoms with Gasteiger partial charge in [-0.2, -0.15) is 0 Å². The highest BCUT2D eigenvalue weighted by Gasteiger charge is 2.65. The Bertz CT molecular complexity index is 1370. The van der Waals surface area contributed by atoms with Crippen molar-refractivity contribution in [1.29, 1.82) is 0 Å². The fourth-order valence-electron chi connectivity index (χ4n) is 4.23. The van der Waals surface area contributed by atoms with Crippen molar-refractivity contribution in [2.75, 3.05) is 10.6 Å². The van der Waals surface area contributed by atoms with Crippen molar-refractivity contribution in [3.8, 4) is 5.75 Å². The Morgan fingerprint density at radius 1 is 1.28 bits per heavy atom. The van der Waals surface area contributed by atoms with Crippen LogP contribution in [0.1, 0.15) is 25.3 Å². The summed E-state index contributed by atoms with van der Waals surface area (Å²) in [6, 6.07) is 2.15. The van der Waals surface area contributed by atoms with Gasteiger partial charge in [-0.15, -0.1) is 0 Å². The monoisotopic (exact) mass is 498 g/mol. The van der Waals surface area contributed by atoms with E-state index in [4.69, 9.17) is 9.47 Å². The maximum atomic E-state index is 13.9. The van der Waals surface area contributed by atoms with E-state index in [0.717, 1.165) is 11.6 Å². The van der Waals surface area contributed by atoms with Gasteiger partial charge in [0.1, 0.15) is 46.2 Å². The van der Waals surface area contributed by atoms with Gasteiger partial charge < -0.3 is 25.4 Å². The lowest BCUT2D eigenvalue weighted by molar-refractivity contribution is -0.116. The van der Waals surface area contributed by atoms with Gasteiger partial charge in [-0.1, -0.05) is 6.58 Å². The first-order valence-corrected chi connectivity index (χ1v) is 11.1. The zero-order valence-corrected chi connectivity index (χ0v) is 19.1. The number of nitrogens with one attached hydrogen (secondary N) is 3. The average molecular weight is 498 g/mol. The predicted molar refractivity (Wildman–Crippen MR) is 123 cm³/mol. The Balaban J connectivity index is 1.25. The summed E-state index contributed by atoms with van der Waals surface area (Å²) < 4.78 is 52.9. The summed E-state index contributed by atoms with van der Waals surface area (Å²) >= 11 is 0. The molecule has 1 aromatic heterocycles. The number of carbonyl (C=O) groups is 2. The first-order chi connectivity index (χ1) is 17.2. The molecular formula is C25H21F3N4O4. The van der Waals surface area contributed by atoms with E-state index in [2.05, 4.69) is 22.2 Å². The Labute approximate surface area is 203 Å². The molecule has 1 aromatic carbocycles. The van der Waals surface area contributed by atoms with Gasteiger partial charge in [0.05, 0.1) is 0 Å². The fraction of sp³-hybridized carbons (Fsp3) is 0.240. The second-order valence-corrected chi connectivity index (χ2v) is 8.65. The Morgan fingerprint density at radius 2 is 2.06 bits per heavy atom. The minimum atomic E-state index is -1.49. The lowest BCUT2D eigenvalue weighted by Gasteiger charge is -2.18. The second kappa shape index (κ2) is 8.74. The third kappa shape index (κ3) is 4.16. The standard InChI is InChI=1S/C25H21F3N4O4/c1-12(35-18-9-10-29-23-14(18)4-8-20(33)30-23)3-7-17-13(2)25(11-19(25)36-17)32-24(34)31-22-16(27)6-5-15(26)21(22)28/h3,5-7,9-10,19H,2,4,8,11H2,1H3,(H,29,30,33)(H2,31,32,34)/b12-3+,17-7+/t19-,25?/m0/s1. The molecule has 36 heavy (non-hydrogen) atoms. The number of benzene rings is 1. The van der Waals surface area contributed by atoms with Crippen molar-refractivity contribution >= 4 is 23.4 Å². The summed E-state index contributed by atoms with van der Waals surface area (Å²) in [6.07, 6.45) is 5.76. The van der Waals surface area contributed by atoms with Gasteiger partial charge in [-0.3, -0.25) is 4.79 Å². The molecule has 5 rings (SSSR count). The number of nitrogens with zero attached hydrogens (tertiary/aromatic N) is 1. The van der Waals surface area contributed by atoms with E-state index >= 15 is 0 Å². The van der Waals surface area contributed by atoms with Gasteiger partial charge in [0.15, 0.2) is 11.6 Å². The minimum absolute atomic E-state index is 0.0953. The molecule has 11 heteroatoms. The maximum absolute atomic E-state index is 13.9. The molecule has 0 bridgehead atoms. The average Bonchev–Trinajstić information content (AvgIpc) is 3.47. The topological polar surface area (TPSA) is 102 Å². The van der Waals surface area contributed by atoms with E-state index < -0.39 is 40.8 Å². The van der Waals surface area contributed by atoms with Crippen LogP contribution < -0.4 is 20.7 Å². The molecule has 2 aliphatic heterocycles. The molecule has 0 radical (unpaired) electrons. The number of urea groups is 1. The molecule has 3 N–H and O–H groups in total. The van der Waals surface area contributed by atoms with Crippen molar-refractivity contribution in [3.63, 3.8) is 0 Å². The Kier molecular flexibility index (Phi) is 5.70. The Morgan fingerprint density at radius 3 is 2.86 bits per heavy atom. The summed E-state index contributed by atoms with van der Waals surface area (Å²) in [6.45, 7) is 5.75. The first-order valence-electron chi connectivity index (χ1n) is 11.1. The zero-order chi connectivity index (χ0) is 25.6. The van der Waals surface area contributed by atoms with Gasteiger partial charge in [-0.25, -0.2) is 22.9 Å². The largest absolute Gasteiger partial charge is 0.487 e. The normalized spacial score (nSPS) is 23.4. The molecular weight excluding hydrogens is 477 g/mol. The number of fused-ring (bicyclic) bond motifs is 2. The van der Waals surface area contributed by atoms with Crippen molar-refractivity contribution in [1.82, 2.24) is 10.3 Å². The SMILES string of the molecule is C=C1/C(=C\C=C(/C)Oc2ccnc3c2CCC(=O)N3)O[C@H]2CC12NC(=O)Nc1c(F)ccc(F)c1F. The summed E-state index contributed by atoms with van der Waals surface area (Å²) in [4.78, 5) is 28.2. The molecule has 1 unspecified atom stereocenters. The van der Waals surface area contributed by atoms with E-state index in [-0.39, 0.29) is 5.91 Å². The number of anilines is 2. The van der Waals surface area contributed by atoms with Crippen LogP contribution in [0.25, 0.3) is 0 Å². The highest BCUT2D eigenvalue weighted by molar-refractivity contribution is 5.93. The van der Waals surface area contributed by atoms with Crippen LogP contribution in [-0.2, 0) is 16.0 Å². The van der Waals surface area contributed by atoms with E-state index in [0.29, 0.717) is 54.0 Å². The molecule has 3 heterocycles. The van der Waals surface area contributed by atoms with Crippen LogP contribution in [0.15, 0.2) is 60.2 Å². The van der Waals surface area contributed by atoms with Gasteiger partial charge in [0.25, 0.3) is 0 Å². The fourth-order valence-corrected chi connectivity index (χ4v) is 4.23. The van der Waals surface area contributed by atoms with Crippen molar-refractivity contribution < 1.29 is 32.2 Å². The lowest BCUT2D eigenvalue weighted by Crippen LogP contribution is -2.42. The number of pyridine rings is 1. The highest BCUT2D eigenvalue weighted by Crippen LogP contribution is 2.54. The molecule has 2 atom stereocenters. The number of halogens is 3. The van der Waals surface area contributed by atoms with Crippen molar-refractivity contribution in [3.05, 3.63) is 83.2 Å². The van der Waals surface area contributed by atoms with Crippen molar-refractivity contribution in [2.45, 2.75) is 37.8 Å². The van der Waals surface area contributed by atoms with Crippen LogP contribution in [0.5, 0.6) is 5.75 Å². The number of hydrogen-bond acceptors (Lipinski definition) is 5.